The van der Waals surface area contributed by atoms with Gasteiger partial charge in [-0.05, 0) is 43.2 Å². The maximum Gasteiger partial charge on any atom is 0.228 e. The fourth-order valence-corrected chi connectivity index (χ4v) is 2.88. The summed E-state index contributed by atoms with van der Waals surface area (Å²) in [5, 5.41) is 5.96. The van der Waals surface area contributed by atoms with Crippen molar-refractivity contribution < 1.29 is 18.7 Å². The van der Waals surface area contributed by atoms with Crippen molar-refractivity contribution in [3.05, 3.63) is 52.8 Å². The lowest BCUT2D eigenvalue weighted by Crippen LogP contribution is -2.21. The Labute approximate surface area is 155 Å². The van der Waals surface area contributed by atoms with Gasteiger partial charge in [0, 0.05) is 16.8 Å². The second-order valence-corrected chi connectivity index (χ2v) is 6.65. The average Bonchev–Trinajstić information content (AvgIpc) is 3.39. The molecule has 2 amide bonds. The number of benzene rings is 2. The van der Waals surface area contributed by atoms with Gasteiger partial charge in [-0.15, -0.1) is 0 Å². The summed E-state index contributed by atoms with van der Waals surface area (Å²) in [6.45, 7) is 1.82. The normalized spacial score (nSPS) is 18.2. The van der Waals surface area contributed by atoms with Crippen LogP contribution in [0.1, 0.15) is 12.0 Å². The van der Waals surface area contributed by atoms with Crippen molar-refractivity contribution in [2.45, 2.75) is 13.3 Å². The van der Waals surface area contributed by atoms with Crippen molar-refractivity contribution in [3.8, 4) is 5.75 Å². The summed E-state index contributed by atoms with van der Waals surface area (Å²) in [5.41, 5.74) is 1.69. The van der Waals surface area contributed by atoms with Gasteiger partial charge in [-0.3, -0.25) is 9.59 Å². The first-order valence-electron chi connectivity index (χ1n) is 8.10. The first-order chi connectivity index (χ1) is 12.4. The molecule has 2 atom stereocenters. The van der Waals surface area contributed by atoms with Crippen molar-refractivity contribution in [3.63, 3.8) is 0 Å². The van der Waals surface area contributed by atoms with Crippen LogP contribution in [0.3, 0.4) is 0 Å². The largest absolute Gasteiger partial charge is 0.495 e. The summed E-state index contributed by atoms with van der Waals surface area (Å²) < 4.78 is 18.4. The minimum absolute atomic E-state index is 0.260. The third-order valence-electron chi connectivity index (χ3n) is 4.29. The average molecular weight is 377 g/mol. The molecule has 0 bridgehead atoms. The predicted molar refractivity (Wildman–Crippen MR) is 98.0 cm³/mol. The van der Waals surface area contributed by atoms with Crippen molar-refractivity contribution in [1.82, 2.24) is 0 Å². The zero-order valence-corrected chi connectivity index (χ0v) is 15.1. The number of carbonyl (C=O) groups is 2. The molecule has 0 aromatic heterocycles. The van der Waals surface area contributed by atoms with Gasteiger partial charge in [0.1, 0.15) is 11.6 Å². The smallest absolute Gasteiger partial charge is 0.228 e. The minimum atomic E-state index is -0.433. The van der Waals surface area contributed by atoms with Gasteiger partial charge >= 0.3 is 0 Å². The lowest BCUT2D eigenvalue weighted by Gasteiger charge is -2.12. The summed E-state index contributed by atoms with van der Waals surface area (Å²) in [4.78, 5) is 24.6. The molecule has 1 saturated carbocycles. The molecule has 1 aliphatic carbocycles. The highest BCUT2D eigenvalue weighted by atomic mass is 35.5. The fourth-order valence-electron chi connectivity index (χ4n) is 2.73. The van der Waals surface area contributed by atoms with Gasteiger partial charge in [-0.2, -0.15) is 0 Å². The molecular formula is C19H18ClFN2O3. The zero-order valence-electron chi connectivity index (χ0n) is 14.3. The Kier molecular flexibility index (Phi) is 5.13. The van der Waals surface area contributed by atoms with Gasteiger partial charge in [-0.25, -0.2) is 4.39 Å². The van der Waals surface area contributed by atoms with Crippen molar-refractivity contribution in [1.29, 1.82) is 0 Å². The van der Waals surface area contributed by atoms with E-state index in [1.54, 1.807) is 18.2 Å². The molecule has 0 heterocycles. The number of halogens is 2. The molecule has 1 aliphatic rings. The van der Waals surface area contributed by atoms with Crippen molar-refractivity contribution >= 4 is 34.8 Å². The van der Waals surface area contributed by atoms with Crippen LogP contribution in [0.4, 0.5) is 15.8 Å². The number of carbonyl (C=O) groups excluding carboxylic acids is 2. The first kappa shape index (κ1) is 18.2. The molecule has 3 rings (SSSR count). The number of methoxy groups -OCH3 is 1. The molecule has 7 heteroatoms. The first-order valence-corrected chi connectivity index (χ1v) is 8.48. The Bertz CT molecular complexity index is 872. The molecule has 0 spiro atoms. The highest BCUT2D eigenvalue weighted by molar-refractivity contribution is 6.31. The summed E-state index contributed by atoms with van der Waals surface area (Å²) in [6.07, 6.45) is 0.446. The molecule has 136 valence electrons. The SMILES string of the molecule is COc1cc(Cl)c(C)cc1NC(=O)C1CC1C(=O)Nc1cccc(F)c1. The fraction of sp³-hybridized carbons (Fsp3) is 0.263. The van der Waals surface area contributed by atoms with Crippen LogP contribution in [-0.2, 0) is 9.59 Å². The van der Waals surface area contributed by atoms with E-state index in [4.69, 9.17) is 16.3 Å². The van der Waals surface area contributed by atoms with Crippen LogP contribution in [-0.4, -0.2) is 18.9 Å². The second kappa shape index (κ2) is 7.33. The van der Waals surface area contributed by atoms with Crippen LogP contribution in [0.5, 0.6) is 5.75 Å². The number of anilines is 2. The number of nitrogens with one attached hydrogen (secondary N) is 2. The van der Waals surface area contributed by atoms with Gasteiger partial charge in [0.05, 0.1) is 24.6 Å². The monoisotopic (exact) mass is 376 g/mol. The van der Waals surface area contributed by atoms with Gasteiger partial charge in [0.15, 0.2) is 0 Å². The summed E-state index contributed by atoms with van der Waals surface area (Å²) in [6, 6.07) is 9.00. The third kappa shape index (κ3) is 3.96. The lowest BCUT2D eigenvalue weighted by atomic mass is 10.2. The number of hydrogen-bond donors (Lipinski definition) is 2. The van der Waals surface area contributed by atoms with E-state index in [0.29, 0.717) is 28.6 Å². The van der Waals surface area contributed by atoms with E-state index in [1.165, 1.54) is 25.3 Å². The Morgan fingerprint density at radius 2 is 1.85 bits per heavy atom. The van der Waals surface area contributed by atoms with Gasteiger partial charge in [-0.1, -0.05) is 17.7 Å². The molecule has 26 heavy (non-hydrogen) atoms. The predicted octanol–water partition coefficient (Wildman–Crippen LogP) is 4.01. The molecule has 2 N–H and O–H groups in total. The molecule has 2 unspecified atom stereocenters. The third-order valence-corrected chi connectivity index (χ3v) is 4.70. The second-order valence-electron chi connectivity index (χ2n) is 6.24. The van der Waals surface area contributed by atoms with Crippen LogP contribution in [0.25, 0.3) is 0 Å². The van der Waals surface area contributed by atoms with Crippen molar-refractivity contribution in [2.24, 2.45) is 11.8 Å². The van der Waals surface area contributed by atoms with Crippen LogP contribution < -0.4 is 15.4 Å². The Hall–Kier alpha value is -2.60. The number of rotatable bonds is 5. The van der Waals surface area contributed by atoms with E-state index in [-0.39, 0.29) is 11.8 Å². The number of aryl methyl sites for hydroxylation is 1. The van der Waals surface area contributed by atoms with Crippen LogP contribution in [0.15, 0.2) is 36.4 Å². The van der Waals surface area contributed by atoms with Gasteiger partial charge < -0.3 is 15.4 Å². The van der Waals surface area contributed by atoms with Crippen LogP contribution in [0.2, 0.25) is 5.02 Å². The van der Waals surface area contributed by atoms with Crippen molar-refractivity contribution in [2.75, 3.05) is 17.7 Å². The number of ether oxygens (including phenoxy) is 1. The van der Waals surface area contributed by atoms with E-state index in [9.17, 15) is 14.0 Å². The Balaban J connectivity index is 1.62. The number of amides is 2. The summed E-state index contributed by atoms with van der Waals surface area (Å²) in [7, 11) is 1.49. The van der Waals surface area contributed by atoms with Gasteiger partial charge in [0.2, 0.25) is 11.8 Å². The standard InChI is InChI=1S/C19H18ClFN2O3/c1-10-6-16(17(26-2)9-15(10)20)23-19(25)14-8-13(14)18(24)22-12-5-3-4-11(21)7-12/h3-7,9,13-14H,8H2,1-2H3,(H,22,24)(H,23,25). The maximum absolute atomic E-state index is 13.2. The van der Waals surface area contributed by atoms with E-state index in [0.717, 1.165) is 5.56 Å². The van der Waals surface area contributed by atoms with Crippen LogP contribution in [0, 0.1) is 24.6 Å². The Morgan fingerprint density at radius 3 is 2.50 bits per heavy atom. The van der Waals surface area contributed by atoms with E-state index in [1.807, 2.05) is 6.92 Å². The highest BCUT2D eigenvalue weighted by Gasteiger charge is 2.48. The van der Waals surface area contributed by atoms with E-state index in [2.05, 4.69) is 10.6 Å². The minimum Gasteiger partial charge on any atom is -0.495 e. The molecule has 2 aromatic carbocycles. The van der Waals surface area contributed by atoms with E-state index < -0.39 is 17.7 Å². The van der Waals surface area contributed by atoms with Gasteiger partial charge in [0.25, 0.3) is 0 Å². The molecule has 0 aliphatic heterocycles. The van der Waals surface area contributed by atoms with E-state index >= 15 is 0 Å². The summed E-state index contributed by atoms with van der Waals surface area (Å²) >= 11 is 6.06. The highest BCUT2D eigenvalue weighted by Crippen LogP contribution is 2.41. The Morgan fingerprint density at radius 1 is 1.15 bits per heavy atom. The molecule has 1 fully saturated rings. The zero-order chi connectivity index (χ0) is 18.8. The lowest BCUT2D eigenvalue weighted by molar-refractivity contribution is -0.122. The molecule has 0 radical (unpaired) electrons. The topological polar surface area (TPSA) is 67.4 Å². The number of hydrogen-bond acceptors (Lipinski definition) is 3. The molecule has 5 nitrogen and oxygen atoms in total. The quantitative estimate of drug-likeness (QED) is 0.828. The molecular weight excluding hydrogens is 359 g/mol. The molecule has 2 aromatic rings. The summed E-state index contributed by atoms with van der Waals surface area (Å²) in [5.74, 6) is -1.39. The maximum atomic E-state index is 13.2. The molecule has 0 saturated heterocycles. The van der Waals surface area contributed by atoms with Crippen LogP contribution >= 0.6 is 11.6 Å².